The predicted molar refractivity (Wildman–Crippen MR) is 104 cm³/mol. The van der Waals surface area contributed by atoms with Crippen molar-refractivity contribution in [3.8, 4) is 0 Å². The second-order valence-corrected chi connectivity index (χ2v) is 31.9. The first-order valence-corrected chi connectivity index (χ1v) is 16.8. The molecule has 20 heavy (non-hydrogen) atoms. The van der Waals surface area contributed by atoms with Crippen LogP contribution in [-0.4, -0.2) is 36.0 Å². The molecule has 0 aliphatic carbocycles. The Morgan fingerprint density at radius 2 is 2.00 bits per heavy atom. The Balaban J connectivity index is 0.000000444. The molecule has 2 N–H and O–H groups in total. The molecule has 122 valence electrons. The first-order valence-electron chi connectivity index (χ1n) is 6.75. The molecule has 0 saturated carbocycles. The summed E-state index contributed by atoms with van der Waals surface area (Å²) in [6.07, 6.45) is 7.29. The Bertz CT molecular complexity index is 315. The summed E-state index contributed by atoms with van der Waals surface area (Å²) in [5, 5.41) is 10.2. The van der Waals surface area contributed by atoms with Crippen LogP contribution in [0.15, 0.2) is 6.08 Å². The quantitative estimate of drug-likeness (QED) is 0.352. The molecule has 3 nitrogen and oxygen atoms in total. The van der Waals surface area contributed by atoms with Crippen molar-refractivity contribution in [3.63, 3.8) is 0 Å². The van der Waals surface area contributed by atoms with Crippen molar-refractivity contribution >= 4 is 61.2 Å². The number of hydrogen-bond donors (Lipinski definition) is 2. The predicted octanol–water partition coefficient (Wildman–Crippen LogP) is 2.81. The van der Waals surface area contributed by atoms with E-state index >= 15 is 0 Å². The third-order valence-corrected chi connectivity index (χ3v) is 3.81. The molecule has 0 aromatic heterocycles. The number of ether oxygens (including phenoxy) is 1. The first kappa shape index (κ1) is 20.4. The van der Waals surface area contributed by atoms with Crippen LogP contribution in [0.1, 0.15) is 33.6 Å². The Morgan fingerprint density at radius 1 is 1.40 bits per heavy atom. The van der Waals surface area contributed by atoms with Gasteiger partial charge in [0, 0.05) is 6.42 Å². The van der Waals surface area contributed by atoms with Crippen LogP contribution in [0.2, 0.25) is 0 Å². The van der Waals surface area contributed by atoms with Crippen molar-refractivity contribution in [2.24, 2.45) is 5.92 Å². The minimum atomic E-state index is -0.357. The summed E-state index contributed by atoms with van der Waals surface area (Å²) in [6.45, 7) is 7.42. The van der Waals surface area contributed by atoms with Gasteiger partial charge in [0.25, 0.3) is 0 Å². The maximum absolute atomic E-state index is 10.2. The monoisotopic (exact) mass is 665 g/mol. The van der Waals surface area contributed by atoms with Crippen molar-refractivity contribution in [1.82, 2.24) is 0 Å². The summed E-state index contributed by atoms with van der Waals surface area (Å²) in [6, 6.07) is 0.259. The number of nitrogens with one attached hydrogen (secondary N) is 1. The first-order chi connectivity index (χ1) is 9.32. The molecule has 0 bridgehead atoms. The Kier molecular flexibility index (Phi) is 10.4. The van der Waals surface area contributed by atoms with Gasteiger partial charge in [-0.1, -0.05) is 13.8 Å². The number of aliphatic hydroxyl groups excluding tert-OH is 1. The SMILES string of the molecule is CC(C)C1CC([NH+]2[C-]=CCC2)C(O)C(C)O1.[I][Co]([I])[I]. The Morgan fingerprint density at radius 3 is 2.45 bits per heavy atom. The van der Waals surface area contributed by atoms with E-state index in [1.165, 1.54) is 4.90 Å². The fourth-order valence-electron chi connectivity index (χ4n) is 2.70. The zero-order valence-corrected chi connectivity index (χ0v) is 19.4. The van der Waals surface area contributed by atoms with Crippen LogP contribution in [0.3, 0.4) is 0 Å². The van der Waals surface area contributed by atoms with Gasteiger partial charge in [-0.15, -0.1) is 0 Å². The van der Waals surface area contributed by atoms with Gasteiger partial charge in [-0.2, -0.15) is 0 Å². The summed E-state index contributed by atoms with van der Waals surface area (Å²) in [4.78, 5) is 1.30. The number of halogens is 3. The zero-order chi connectivity index (χ0) is 15.3. The van der Waals surface area contributed by atoms with Crippen molar-refractivity contribution in [3.05, 3.63) is 12.3 Å². The number of aliphatic hydroxyl groups is 1. The van der Waals surface area contributed by atoms with E-state index in [-0.39, 0.29) is 24.4 Å². The van der Waals surface area contributed by atoms with Gasteiger partial charge >= 0.3 is 65.3 Å². The molecule has 2 rings (SSSR count). The summed E-state index contributed by atoms with van der Waals surface area (Å²) >= 11 is 7.14. The molecule has 5 unspecified atom stereocenters. The number of rotatable bonds is 2. The molecule has 0 aromatic carbocycles. The Labute approximate surface area is 160 Å². The zero-order valence-electron chi connectivity index (χ0n) is 11.9. The fourth-order valence-corrected chi connectivity index (χ4v) is 2.70. The van der Waals surface area contributed by atoms with Gasteiger partial charge in [-0.05, 0) is 19.3 Å². The van der Waals surface area contributed by atoms with E-state index in [4.69, 9.17) is 4.74 Å². The van der Waals surface area contributed by atoms with E-state index in [1.807, 2.05) is 6.92 Å². The van der Waals surface area contributed by atoms with Crippen LogP contribution in [0, 0.1) is 12.1 Å². The van der Waals surface area contributed by atoms with Crippen molar-refractivity contribution in [2.75, 3.05) is 6.54 Å². The van der Waals surface area contributed by atoms with E-state index in [0.29, 0.717) is 9.92 Å². The van der Waals surface area contributed by atoms with Crippen LogP contribution in [0.5, 0.6) is 0 Å². The molecule has 2 heterocycles. The molecule has 2 aliphatic rings. The van der Waals surface area contributed by atoms with E-state index < -0.39 is 0 Å². The van der Waals surface area contributed by atoms with Crippen LogP contribution in [-0.2, 0) is 8.74 Å². The van der Waals surface area contributed by atoms with Crippen LogP contribution >= 0.6 is 61.2 Å². The number of quaternary nitrogens is 1. The topological polar surface area (TPSA) is 33.9 Å². The van der Waals surface area contributed by atoms with Gasteiger partial charge < -0.3 is 14.7 Å². The summed E-state index contributed by atoms with van der Waals surface area (Å²) in [5.41, 5.74) is 0. The van der Waals surface area contributed by atoms with Crippen LogP contribution in [0.25, 0.3) is 0 Å². The van der Waals surface area contributed by atoms with Gasteiger partial charge in [-0.3, -0.25) is 6.20 Å². The third kappa shape index (κ3) is 6.83. The van der Waals surface area contributed by atoms with Gasteiger partial charge in [0.1, 0.15) is 6.10 Å². The molecule has 1 saturated heterocycles. The summed E-state index contributed by atoms with van der Waals surface area (Å²) in [5.74, 6) is 0.517. The molecule has 5 atom stereocenters. The second kappa shape index (κ2) is 10.2. The normalized spacial score (nSPS) is 37.6. The summed E-state index contributed by atoms with van der Waals surface area (Å²) < 4.78 is 6.15. The average Bonchev–Trinajstić information content (AvgIpc) is 2.85. The molecule has 0 spiro atoms. The van der Waals surface area contributed by atoms with Crippen molar-refractivity contribution < 1.29 is 18.7 Å². The van der Waals surface area contributed by atoms with Gasteiger partial charge in [-0.25, -0.2) is 6.08 Å². The molecular formula is C13H23CoI3NO2. The van der Waals surface area contributed by atoms with Crippen LogP contribution in [0.4, 0.5) is 0 Å². The molecule has 1 fully saturated rings. The van der Waals surface area contributed by atoms with Crippen molar-refractivity contribution in [2.45, 2.75) is 58.0 Å². The second-order valence-electron chi connectivity index (χ2n) is 5.51. The molecule has 0 aromatic rings. The fraction of sp³-hybridized carbons (Fsp3) is 0.846. The molecule has 0 amide bonds. The molecule has 7 heteroatoms. The van der Waals surface area contributed by atoms with Gasteiger partial charge in [0.15, 0.2) is 0 Å². The standard InChI is InChI=1S/C13H23NO2.Co.3HI/c1-9(2)12-8-11(13(15)10(3)16-12)14-6-4-5-7-14;;;;/h4,9-15H,5,7-8H2,1-3H3;;3*1H/q;+3;;;/p-3. The third-order valence-electron chi connectivity index (χ3n) is 3.81. The molecule has 2 aliphatic heterocycles. The summed E-state index contributed by atoms with van der Waals surface area (Å²) in [7, 11) is 0. The van der Waals surface area contributed by atoms with E-state index in [9.17, 15) is 5.11 Å². The maximum atomic E-state index is 10.2. The van der Waals surface area contributed by atoms with Crippen LogP contribution < -0.4 is 4.90 Å². The Hall–Kier alpha value is 2.32. The van der Waals surface area contributed by atoms with E-state index in [2.05, 4.69) is 87.4 Å². The van der Waals surface area contributed by atoms with Gasteiger partial charge in [0.2, 0.25) is 0 Å². The van der Waals surface area contributed by atoms with Crippen molar-refractivity contribution in [1.29, 1.82) is 0 Å². The molecule has 0 radical (unpaired) electrons. The van der Waals surface area contributed by atoms with E-state index in [1.54, 1.807) is 0 Å². The minimum absolute atomic E-state index is 0.0546. The van der Waals surface area contributed by atoms with Gasteiger partial charge in [0.05, 0.1) is 24.8 Å². The molecular weight excluding hydrogens is 642 g/mol. The average molecular weight is 665 g/mol. The number of hydrogen-bond acceptors (Lipinski definition) is 2. The van der Waals surface area contributed by atoms with E-state index in [0.717, 1.165) is 19.4 Å².